The summed E-state index contributed by atoms with van der Waals surface area (Å²) in [6, 6.07) is 13.4. The zero-order valence-corrected chi connectivity index (χ0v) is 15.2. The van der Waals surface area contributed by atoms with Gasteiger partial charge in [-0.25, -0.2) is 4.99 Å². The number of hydrogen-bond acceptors (Lipinski definition) is 7. The molecule has 1 aliphatic rings. The van der Waals surface area contributed by atoms with Crippen LogP contribution in [-0.2, 0) is 4.79 Å². The van der Waals surface area contributed by atoms with Crippen LogP contribution >= 0.6 is 23.7 Å². The van der Waals surface area contributed by atoms with Gasteiger partial charge in [0.2, 0.25) is 11.9 Å². The van der Waals surface area contributed by atoms with Crippen LogP contribution < -0.4 is 20.5 Å². The zero-order chi connectivity index (χ0) is 17.9. The topological polar surface area (TPSA) is 83.7 Å². The van der Waals surface area contributed by atoms with Crippen molar-refractivity contribution in [2.75, 3.05) is 5.75 Å². The van der Waals surface area contributed by atoms with E-state index in [1.54, 1.807) is 0 Å². The molecule has 0 unspecified atom stereocenters. The van der Waals surface area contributed by atoms with E-state index in [1.807, 2.05) is 53.1 Å². The minimum atomic E-state index is -0.168. The van der Waals surface area contributed by atoms with Crippen molar-refractivity contribution >= 4 is 52.8 Å². The van der Waals surface area contributed by atoms with Gasteiger partial charge in [0.25, 0.3) is 0 Å². The number of hydrogen-bond donors (Lipinski definition) is 2. The highest BCUT2D eigenvalue weighted by atomic mass is 32.2. The number of aromatic nitrogens is 3. The lowest BCUT2D eigenvalue weighted by Gasteiger charge is -2.03. The zero-order valence-electron chi connectivity index (χ0n) is 13.5. The van der Waals surface area contributed by atoms with Crippen LogP contribution in [0.4, 0.5) is 0 Å². The Morgan fingerprint density at radius 3 is 2.96 bits per heavy atom. The summed E-state index contributed by atoms with van der Waals surface area (Å²) < 4.78 is 4.86. The Kier molecular flexibility index (Phi) is 4.63. The fourth-order valence-electron chi connectivity index (χ4n) is 2.36. The lowest BCUT2D eigenvalue weighted by atomic mass is 10.2. The number of amides is 1. The van der Waals surface area contributed by atoms with Crippen LogP contribution in [0.3, 0.4) is 0 Å². The molecule has 0 radical (unpaired) electrons. The molecule has 0 saturated heterocycles. The molecule has 1 aromatic carbocycles. The number of guanidine groups is 1. The van der Waals surface area contributed by atoms with Gasteiger partial charge in [-0.1, -0.05) is 48.7 Å². The lowest BCUT2D eigenvalue weighted by Crippen LogP contribution is -2.36. The summed E-state index contributed by atoms with van der Waals surface area (Å²) in [5.74, 6) is 0.464. The maximum atomic E-state index is 12.2. The van der Waals surface area contributed by atoms with Crippen LogP contribution in [0.25, 0.3) is 17.3 Å². The monoisotopic (exact) mass is 382 g/mol. The fraction of sp³-hybridized carbons (Fsp3) is 0.0588. The first-order chi connectivity index (χ1) is 12.7. The number of nitrogens with zero attached hydrogens (tertiary/aromatic N) is 4. The van der Waals surface area contributed by atoms with Crippen LogP contribution in [-0.4, -0.2) is 32.2 Å². The fourth-order valence-corrected chi connectivity index (χ4v) is 3.82. The maximum Gasteiger partial charge on any atom is 0.237 e. The van der Waals surface area contributed by atoms with Gasteiger partial charge in [-0.3, -0.25) is 19.2 Å². The third-order valence-corrected chi connectivity index (χ3v) is 5.32. The average Bonchev–Trinajstić information content (AvgIpc) is 3.27. The van der Waals surface area contributed by atoms with Crippen molar-refractivity contribution in [2.45, 2.75) is 5.16 Å². The minimum absolute atomic E-state index is 0.168. The largest absolute Gasteiger partial charge is 0.295 e. The van der Waals surface area contributed by atoms with Crippen molar-refractivity contribution in [3.05, 3.63) is 59.1 Å². The molecule has 0 bridgehead atoms. The number of carbonyl (C=O) groups excluding carboxylic acids is 1. The van der Waals surface area contributed by atoms with Gasteiger partial charge in [-0.2, -0.15) is 0 Å². The second-order valence-corrected chi connectivity index (χ2v) is 7.11. The molecule has 1 aliphatic heterocycles. The molecule has 0 aliphatic carbocycles. The molecule has 0 saturated carbocycles. The molecule has 7 nitrogen and oxygen atoms in total. The Hall–Kier alpha value is -2.78. The standard InChI is InChI=1S/C17H14N6OS2/c1-11-6-2-3-7-12(11)15-19-16(22-26-15)18-14(24)10-25-17-21-20-13-8-4-5-9-23(13)17/h2-9H,1,10H2,(H2,18,19,22,24). The van der Waals surface area contributed by atoms with E-state index in [2.05, 4.69) is 31.8 Å². The molecule has 0 fully saturated rings. The molecule has 0 atom stereocenters. The van der Waals surface area contributed by atoms with Gasteiger partial charge in [0.15, 0.2) is 10.8 Å². The predicted octanol–water partition coefficient (Wildman–Crippen LogP) is 0.721. The van der Waals surface area contributed by atoms with Gasteiger partial charge in [0, 0.05) is 23.4 Å². The van der Waals surface area contributed by atoms with E-state index >= 15 is 0 Å². The number of thioether (sulfide) groups is 1. The highest BCUT2D eigenvalue weighted by molar-refractivity contribution is 8.07. The smallest absolute Gasteiger partial charge is 0.237 e. The molecule has 9 heteroatoms. The molecule has 0 spiro atoms. The van der Waals surface area contributed by atoms with Crippen molar-refractivity contribution in [3.63, 3.8) is 0 Å². The predicted molar refractivity (Wildman–Crippen MR) is 105 cm³/mol. The average molecular weight is 382 g/mol. The van der Waals surface area contributed by atoms with Crippen LogP contribution in [0.15, 0.2) is 58.8 Å². The molecule has 26 heavy (non-hydrogen) atoms. The Bertz CT molecular complexity index is 1120. The quantitative estimate of drug-likeness (QED) is 0.513. The third kappa shape index (κ3) is 3.44. The molecule has 3 aromatic rings. The van der Waals surface area contributed by atoms with E-state index in [0.29, 0.717) is 11.1 Å². The van der Waals surface area contributed by atoms with E-state index in [1.165, 1.54) is 23.7 Å². The molecular weight excluding hydrogens is 368 g/mol. The Morgan fingerprint density at radius 2 is 2.08 bits per heavy atom. The Morgan fingerprint density at radius 1 is 1.23 bits per heavy atom. The van der Waals surface area contributed by atoms with Gasteiger partial charge in [0.1, 0.15) is 5.03 Å². The van der Waals surface area contributed by atoms with Crippen LogP contribution in [0, 0.1) is 0 Å². The van der Waals surface area contributed by atoms with E-state index in [-0.39, 0.29) is 11.7 Å². The Labute approximate surface area is 157 Å². The van der Waals surface area contributed by atoms with Gasteiger partial charge < -0.3 is 0 Å². The molecule has 4 rings (SSSR count). The molecule has 3 heterocycles. The summed E-state index contributed by atoms with van der Waals surface area (Å²) in [6.45, 7) is 4.00. The number of pyridine rings is 1. The van der Waals surface area contributed by atoms with Gasteiger partial charge in [-0.05, 0) is 17.4 Å². The number of aliphatic imine (C=N–C) groups is 1. The summed E-state index contributed by atoms with van der Waals surface area (Å²) in [5.41, 5.74) is 0.750. The first-order valence-corrected chi connectivity index (χ1v) is 9.53. The van der Waals surface area contributed by atoms with E-state index in [4.69, 9.17) is 0 Å². The second-order valence-electron chi connectivity index (χ2n) is 5.38. The van der Waals surface area contributed by atoms with Crippen molar-refractivity contribution < 1.29 is 4.79 Å². The second kappa shape index (κ2) is 7.22. The lowest BCUT2D eigenvalue weighted by molar-refractivity contribution is -0.117. The molecule has 2 aromatic heterocycles. The van der Waals surface area contributed by atoms with E-state index < -0.39 is 0 Å². The summed E-state index contributed by atoms with van der Waals surface area (Å²) in [7, 11) is 0. The number of benzene rings is 1. The summed E-state index contributed by atoms with van der Waals surface area (Å²) in [6.07, 6.45) is 1.87. The van der Waals surface area contributed by atoms with Crippen molar-refractivity contribution in [1.29, 1.82) is 0 Å². The maximum absolute atomic E-state index is 12.2. The molecule has 2 N–H and O–H groups in total. The first kappa shape index (κ1) is 16.7. The van der Waals surface area contributed by atoms with Gasteiger partial charge in [0.05, 0.1) is 5.75 Å². The van der Waals surface area contributed by atoms with Crippen molar-refractivity contribution in [2.24, 2.45) is 4.99 Å². The highest BCUT2D eigenvalue weighted by Gasteiger charge is 2.16. The summed E-state index contributed by atoms with van der Waals surface area (Å²) >= 11 is 2.67. The van der Waals surface area contributed by atoms with Crippen LogP contribution in [0.2, 0.25) is 0 Å². The van der Waals surface area contributed by atoms with E-state index in [0.717, 1.165) is 21.1 Å². The van der Waals surface area contributed by atoms with Crippen molar-refractivity contribution in [3.8, 4) is 0 Å². The molecular formula is C17H14N6OS2. The molecule has 130 valence electrons. The number of fused-ring (bicyclic) bond motifs is 1. The van der Waals surface area contributed by atoms with Crippen LogP contribution in [0.1, 0.15) is 0 Å². The van der Waals surface area contributed by atoms with Crippen molar-refractivity contribution in [1.82, 2.24) is 24.6 Å². The number of nitrogens with one attached hydrogen (secondary N) is 2. The highest BCUT2D eigenvalue weighted by Crippen LogP contribution is 2.19. The van der Waals surface area contributed by atoms with Crippen LogP contribution in [0.5, 0.6) is 0 Å². The first-order valence-electron chi connectivity index (χ1n) is 7.73. The summed E-state index contributed by atoms with van der Waals surface area (Å²) in [4.78, 5) is 16.6. The Balaban J connectivity index is 1.43. The number of carbonyl (C=O) groups is 1. The minimum Gasteiger partial charge on any atom is -0.295 e. The summed E-state index contributed by atoms with van der Waals surface area (Å²) in [5, 5.41) is 14.2. The third-order valence-electron chi connectivity index (χ3n) is 3.58. The SMILES string of the molecule is C=c1ccccc1=C1N=C(NC(=O)CSc2nnc3ccccn23)NS1. The van der Waals surface area contributed by atoms with E-state index in [9.17, 15) is 4.79 Å². The van der Waals surface area contributed by atoms with Gasteiger partial charge in [-0.15, -0.1) is 10.2 Å². The number of rotatable bonds is 3. The molecule has 1 amide bonds. The van der Waals surface area contributed by atoms with Gasteiger partial charge >= 0.3 is 0 Å². The normalized spacial score (nSPS) is 15.6.